The molecule has 19 heavy (non-hydrogen) atoms. The summed E-state index contributed by atoms with van der Waals surface area (Å²) in [7, 11) is 1.50. The number of benzene rings is 1. The second kappa shape index (κ2) is 8.63. The number of ether oxygens (including phenoxy) is 1. The van der Waals surface area contributed by atoms with Gasteiger partial charge in [0.05, 0.1) is 6.61 Å². The summed E-state index contributed by atoms with van der Waals surface area (Å²) in [6, 6.07) is 13.2. The van der Waals surface area contributed by atoms with Crippen LogP contribution in [0.4, 0.5) is 0 Å². The highest BCUT2D eigenvalue weighted by atomic mass is 79.9. The molecule has 1 aromatic heterocycles. The van der Waals surface area contributed by atoms with Crippen molar-refractivity contribution in [3.8, 4) is 5.75 Å². The Balaban J connectivity index is 0.000000861. The number of nitrogens with two attached hydrogens (primary N) is 1. The molecule has 0 radical (unpaired) electrons. The molecule has 0 saturated heterocycles. The SMILES string of the molecule is CN.OCC(Oc1cccnc1Br)c1ccccc1. The molecule has 0 saturated carbocycles. The van der Waals surface area contributed by atoms with E-state index in [1.165, 1.54) is 7.05 Å². The summed E-state index contributed by atoms with van der Waals surface area (Å²) in [5.74, 6) is 0.621. The van der Waals surface area contributed by atoms with Crippen LogP contribution >= 0.6 is 15.9 Å². The lowest BCUT2D eigenvalue weighted by molar-refractivity contribution is 0.115. The zero-order valence-corrected chi connectivity index (χ0v) is 12.2. The second-order valence-corrected chi connectivity index (χ2v) is 4.24. The van der Waals surface area contributed by atoms with Crippen LogP contribution in [0.2, 0.25) is 0 Å². The van der Waals surface area contributed by atoms with Crippen molar-refractivity contribution >= 4 is 15.9 Å². The molecule has 4 nitrogen and oxygen atoms in total. The maximum Gasteiger partial charge on any atom is 0.153 e. The Morgan fingerprint density at radius 3 is 2.47 bits per heavy atom. The molecule has 0 aliphatic carbocycles. The van der Waals surface area contributed by atoms with Gasteiger partial charge in [-0.3, -0.25) is 0 Å². The van der Waals surface area contributed by atoms with E-state index in [9.17, 15) is 5.11 Å². The quantitative estimate of drug-likeness (QED) is 0.848. The number of aliphatic hydroxyl groups is 1. The lowest BCUT2D eigenvalue weighted by Crippen LogP contribution is -2.12. The van der Waals surface area contributed by atoms with E-state index in [1.54, 1.807) is 12.3 Å². The van der Waals surface area contributed by atoms with Crippen molar-refractivity contribution in [3.05, 3.63) is 58.8 Å². The van der Waals surface area contributed by atoms with Crippen molar-refractivity contribution in [2.75, 3.05) is 13.7 Å². The van der Waals surface area contributed by atoms with Crippen LogP contribution in [-0.4, -0.2) is 23.7 Å². The Hall–Kier alpha value is -1.43. The number of hydrogen-bond acceptors (Lipinski definition) is 4. The molecule has 1 heterocycles. The van der Waals surface area contributed by atoms with Gasteiger partial charge in [-0.2, -0.15) is 0 Å². The van der Waals surface area contributed by atoms with Crippen LogP contribution in [0.25, 0.3) is 0 Å². The summed E-state index contributed by atoms with van der Waals surface area (Å²) < 4.78 is 6.35. The fraction of sp³-hybridized carbons (Fsp3) is 0.214. The number of pyridine rings is 1. The van der Waals surface area contributed by atoms with Crippen LogP contribution < -0.4 is 10.5 Å². The Morgan fingerprint density at radius 1 is 1.21 bits per heavy atom. The van der Waals surface area contributed by atoms with Gasteiger partial charge >= 0.3 is 0 Å². The van der Waals surface area contributed by atoms with Gasteiger partial charge in [-0.25, -0.2) is 4.98 Å². The Bertz CT molecular complexity index is 480. The van der Waals surface area contributed by atoms with Crippen LogP contribution in [-0.2, 0) is 0 Å². The molecule has 0 aliphatic heterocycles. The maximum absolute atomic E-state index is 9.37. The first-order valence-electron chi connectivity index (χ1n) is 5.82. The minimum atomic E-state index is -0.378. The summed E-state index contributed by atoms with van der Waals surface area (Å²) in [5.41, 5.74) is 5.44. The molecule has 1 unspecified atom stereocenters. The highest BCUT2D eigenvalue weighted by molar-refractivity contribution is 9.10. The molecule has 1 aromatic carbocycles. The molecule has 2 aromatic rings. The van der Waals surface area contributed by atoms with Crippen molar-refractivity contribution in [1.29, 1.82) is 0 Å². The monoisotopic (exact) mass is 324 g/mol. The lowest BCUT2D eigenvalue weighted by Gasteiger charge is -2.17. The van der Waals surface area contributed by atoms with Gasteiger partial charge in [-0.15, -0.1) is 0 Å². The zero-order chi connectivity index (χ0) is 14.1. The Morgan fingerprint density at radius 2 is 1.89 bits per heavy atom. The van der Waals surface area contributed by atoms with Crippen molar-refractivity contribution in [2.45, 2.75) is 6.10 Å². The van der Waals surface area contributed by atoms with Crippen LogP contribution in [0, 0.1) is 0 Å². The third kappa shape index (κ3) is 4.63. The van der Waals surface area contributed by atoms with Crippen molar-refractivity contribution in [1.82, 2.24) is 4.98 Å². The molecule has 2 rings (SSSR count). The Kier molecular flexibility index (Phi) is 7.10. The van der Waals surface area contributed by atoms with Gasteiger partial charge in [0.15, 0.2) is 5.75 Å². The third-order valence-corrected chi connectivity index (χ3v) is 2.93. The molecule has 102 valence electrons. The molecule has 1 atom stereocenters. The molecule has 0 aliphatic rings. The van der Waals surface area contributed by atoms with Gasteiger partial charge in [0, 0.05) is 6.20 Å². The van der Waals surface area contributed by atoms with E-state index in [1.807, 2.05) is 36.4 Å². The third-order valence-electron chi connectivity index (χ3n) is 2.33. The van der Waals surface area contributed by atoms with E-state index in [0.29, 0.717) is 10.4 Å². The van der Waals surface area contributed by atoms with Gasteiger partial charge < -0.3 is 15.6 Å². The summed E-state index contributed by atoms with van der Waals surface area (Å²) in [6.45, 7) is -0.0780. The van der Waals surface area contributed by atoms with E-state index in [0.717, 1.165) is 5.56 Å². The van der Waals surface area contributed by atoms with E-state index < -0.39 is 0 Å². The topological polar surface area (TPSA) is 68.4 Å². The van der Waals surface area contributed by atoms with Crippen molar-refractivity contribution in [3.63, 3.8) is 0 Å². The zero-order valence-electron chi connectivity index (χ0n) is 10.7. The summed E-state index contributed by atoms with van der Waals surface area (Å²) in [6.07, 6.45) is 1.30. The van der Waals surface area contributed by atoms with E-state index in [-0.39, 0.29) is 12.7 Å². The molecule has 0 amide bonds. The van der Waals surface area contributed by atoms with Crippen LogP contribution in [0.1, 0.15) is 11.7 Å². The van der Waals surface area contributed by atoms with Crippen molar-refractivity contribution in [2.24, 2.45) is 5.73 Å². The molecule has 0 bridgehead atoms. The highest BCUT2D eigenvalue weighted by Crippen LogP contribution is 2.27. The highest BCUT2D eigenvalue weighted by Gasteiger charge is 2.13. The van der Waals surface area contributed by atoms with E-state index >= 15 is 0 Å². The van der Waals surface area contributed by atoms with Gasteiger partial charge in [-0.05, 0) is 40.7 Å². The number of rotatable bonds is 4. The molecular weight excluding hydrogens is 308 g/mol. The van der Waals surface area contributed by atoms with Gasteiger partial charge in [0.25, 0.3) is 0 Å². The molecule has 0 fully saturated rings. The minimum Gasteiger partial charge on any atom is -0.480 e. The number of aliphatic hydroxyl groups excluding tert-OH is 1. The Labute approximate surface area is 121 Å². The first kappa shape index (κ1) is 15.6. The van der Waals surface area contributed by atoms with E-state index in [4.69, 9.17) is 4.74 Å². The number of aromatic nitrogens is 1. The lowest BCUT2D eigenvalue weighted by atomic mass is 10.1. The molecule has 3 N–H and O–H groups in total. The number of halogens is 1. The number of nitrogens with zero attached hydrogens (tertiary/aromatic N) is 1. The predicted molar refractivity (Wildman–Crippen MR) is 78.9 cm³/mol. The van der Waals surface area contributed by atoms with Gasteiger partial charge in [-0.1, -0.05) is 30.3 Å². The maximum atomic E-state index is 9.37. The largest absolute Gasteiger partial charge is 0.480 e. The molecular formula is C14H17BrN2O2. The smallest absolute Gasteiger partial charge is 0.153 e. The van der Waals surface area contributed by atoms with E-state index in [2.05, 4.69) is 26.6 Å². The first-order chi connectivity index (χ1) is 9.31. The fourth-order valence-corrected chi connectivity index (χ4v) is 1.83. The molecule has 0 spiro atoms. The molecule has 5 heteroatoms. The first-order valence-corrected chi connectivity index (χ1v) is 6.61. The van der Waals surface area contributed by atoms with Gasteiger partial charge in [0.2, 0.25) is 0 Å². The average Bonchev–Trinajstić information content (AvgIpc) is 2.49. The van der Waals surface area contributed by atoms with Crippen molar-refractivity contribution < 1.29 is 9.84 Å². The normalized spacial score (nSPS) is 11.2. The summed E-state index contributed by atoms with van der Waals surface area (Å²) in [4.78, 5) is 4.07. The minimum absolute atomic E-state index is 0.0780. The number of hydrogen-bond donors (Lipinski definition) is 2. The second-order valence-electron chi connectivity index (χ2n) is 3.49. The van der Waals surface area contributed by atoms with Gasteiger partial charge in [0.1, 0.15) is 10.7 Å². The fourth-order valence-electron chi connectivity index (χ4n) is 1.49. The van der Waals surface area contributed by atoms with Crippen LogP contribution in [0.3, 0.4) is 0 Å². The standard InChI is InChI=1S/C13H12BrNO2.CH5N/c14-13-11(7-4-8-15-13)17-12(9-16)10-5-2-1-3-6-10;1-2/h1-8,12,16H,9H2;2H2,1H3. The average molecular weight is 325 g/mol. The predicted octanol–water partition coefficient (Wildman–Crippen LogP) is 2.53. The summed E-state index contributed by atoms with van der Waals surface area (Å²) in [5, 5.41) is 9.37. The summed E-state index contributed by atoms with van der Waals surface area (Å²) >= 11 is 3.31. The van der Waals surface area contributed by atoms with Crippen LogP contribution in [0.5, 0.6) is 5.75 Å². The van der Waals surface area contributed by atoms with Crippen LogP contribution in [0.15, 0.2) is 53.3 Å².